The normalized spacial score (nSPS) is 10.6. The van der Waals surface area contributed by atoms with E-state index in [1.807, 2.05) is 12.1 Å². The topological polar surface area (TPSA) is 47.0 Å². The number of hydrogen-bond donors (Lipinski definition) is 1. The summed E-state index contributed by atoms with van der Waals surface area (Å²) in [6.45, 7) is 3.77. The van der Waals surface area contributed by atoms with Gasteiger partial charge in [0.25, 0.3) is 0 Å². The van der Waals surface area contributed by atoms with Gasteiger partial charge in [-0.1, -0.05) is 18.5 Å². The maximum absolute atomic E-state index is 6.13. The summed E-state index contributed by atoms with van der Waals surface area (Å²) in [7, 11) is 0. The van der Waals surface area contributed by atoms with Crippen LogP contribution in [0.15, 0.2) is 35.2 Å². The molecular weight excluding hydrogens is 342 g/mol. The molecule has 4 nitrogen and oxygen atoms in total. The molecule has 0 spiro atoms. The summed E-state index contributed by atoms with van der Waals surface area (Å²) in [5.74, 6) is 1.13. The Balaban J connectivity index is 2.10. The minimum absolute atomic E-state index is 0.502. The van der Waals surface area contributed by atoms with Gasteiger partial charge in [-0.25, -0.2) is 4.98 Å². The SMILES string of the molecule is CCCNCc1cc(Oc2cncc(Br)c2)ncc1Cl. The minimum atomic E-state index is 0.502. The first kappa shape index (κ1) is 15.2. The van der Waals surface area contributed by atoms with Gasteiger partial charge in [0.15, 0.2) is 0 Å². The van der Waals surface area contributed by atoms with E-state index in [2.05, 4.69) is 38.1 Å². The molecule has 106 valence electrons. The highest BCUT2D eigenvalue weighted by atomic mass is 79.9. The highest BCUT2D eigenvalue weighted by Crippen LogP contribution is 2.25. The number of rotatable bonds is 6. The molecule has 0 radical (unpaired) electrons. The van der Waals surface area contributed by atoms with Crippen LogP contribution in [0.1, 0.15) is 18.9 Å². The second-order valence-electron chi connectivity index (χ2n) is 4.23. The highest BCUT2D eigenvalue weighted by Gasteiger charge is 2.06. The second kappa shape index (κ2) is 7.57. The third-order valence-electron chi connectivity index (χ3n) is 2.55. The lowest BCUT2D eigenvalue weighted by Crippen LogP contribution is -2.14. The lowest BCUT2D eigenvalue weighted by molar-refractivity contribution is 0.459. The molecule has 0 saturated heterocycles. The van der Waals surface area contributed by atoms with Crippen molar-refractivity contribution in [1.82, 2.24) is 15.3 Å². The molecule has 2 aromatic heterocycles. The molecule has 0 aromatic carbocycles. The molecule has 20 heavy (non-hydrogen) atoms. The van der Waals surface area contributed by atoms with Crippen molar-refractivity contribution >= 4 is 27.5 Å². The fourth-order valence-corrected chi connectivity index (χ4v) is 2.13. The lowest BCUT2D eigenvalue weighted by atomic mass is 10.2. The van der Waals surface area contributed by atoms with Crippen molar-refractivity contribution < 1.29 is 4.74 Å². The maximum Gasteiger partial charge on any atom is 0.219 e. The van der Waals surface area contributed by atoms with Crippen LogP contribution < -0.4 is 10.1 Å². The van der Waals surface area contributed by atoms with E-state index in [9.17, 15) is 0 Å². The predicted molar refractivity (Wildman–Crippen MR) is 83.3 cm³/mol. The third-order valence-corrected chi connectivity index (χ3v) is 3.33. The van der Waals surface area contributed by atoms with E-state index in [0.717, 1.165) is 23.0 Å². The van der Waals surface area contributed by atoms with E-state index >= 15 is 0 Å². The summed E-state index contributed by atoms with van der Waals surface area (Å²) in [4.78, 5) is 8.21. The van der Waals surface area contributed by atoms with Crippen LogP contribution in [0.3, 0.4) is 0 Å². The molecule has 1 N–H and O–H groups in total. The van der Waals surface area contributed by atoms with Crippen molar-refractivity contribution in [2.75, 3.05) is 6.54 Å². The van der Waals surface area contributed by atoms with Gasteiger partial charge in [0.05, 0.1) is 11.2 Å². The van der Waals surface area contributed by atoms with Crippen molar-refractivity contribution in [3.05, 3.63) is 45.8 Å². The van der Waals surface area contributed by atoms with Crippen LogP contribution in [-0.4, -0.2) is 16.5 Å². The number of nitrogens with zero attached hydrogens (tertiary/aromatic N) is 2. The first-order valence-electron chi connectivity index (χ1n) is 6.32. The Morgan fingerprint density at radius 1 is 1.30 bits per heavy atom. The molecule has 0 aliphatic carbocycles. The van der Waals surface area contributed by atoms with Gasteiger partial charge >= 0.3 is 0 Å². The summed E-state index contributed by atoms with van der Waals surface area (Å²) in [5.41, 5.74) is 0.966. The van der Waals surface area contributed by atoms with Gasteiger partial charge in [0.1, 0.15) is 5.75 Å². The monoisotopic (exact) mass is 355 g/mol. The zero-order valence-corrected chi connectivity index (χ0v) is 13.4. The second-order valence-corrected chi connectivity index (χ2v) is 5.55. The first-order valence-corrected chi connectivity index (χ1v) is 7.49. The standard InChI is InChI=1S/C14H15BrClN3O/c1-2-3-17-6-10-4-14(19-9-13(10)16)20-12-5-11(15)7-18-8-12/h4-5,7-9,17H,2-3,6H2,1H3. The van der Waals surface area contributed by atoms with Gasteiger partial charge in [-0.2, -0.15) is 0 Å². The van der Waals surface area contributed by atoms with Crippen LogP contribution in [0.4, 0.5) is 0 Å². The molecule has 6 heteroatoms. The van der Waals surface area contributed by atoms with Crippen LogP contribution in [0.2, 0.25) is 5.02 Å². The minimum Gasteiger partial charge on any atom is -0.437 e. The van der Waals surface area contributed by atoms with Crippen molar-refractivity contribution in [3.8, 4) is 11.6 Å². The first-order chi connectivity index (χ1) is 9.69. The zero-order chi connectivity index (χ0) is 14.4. The molecule has 0 atom stereocenters. The van der Waals surface area contributed by atoms with Gasteiger partial charge in [0.2, 0.25) is 5.88 Å². The maximum atomic E-state index is 6.13. The number of halogens is 2. The molecule has 0 fully saturated rings. The molecule has 0 amide bonds. The van der Waals surface area contributed by atoms with E-state index in [1.165, 1.54) is 0 Å². The van der Waals surface area contributed by atoms with Crippen molar-refractivity contribution in [3.63, 3.8) is 0 Å². The van der Waals surface area contributed by atoms with Crippen molar-refractivity contribution in [1.29, 1.82) is 0 Å². The van der Waals surface area contributed by atoms with Crippen molar-refractivity contribution in [2.45, 2.75) is 19.9 Å². The van der Waals surface area contributed by atoms with Gasteiger partial charge < -0.3 is 10.1 Å². The van der Waals surface area contributed by atoms with E-state index in [0.29, 0.717) is 23.2 Å². The van der Waals surface area contributed by atoms with E-state index < -0.39 is 0 Å². The summed E-state index contributed by atoms with van der Waals surface area (Å²) >= 11 is 9.48. The van der Waals surface area contributed by atoms with Crippen molar-refractivity contribution in [2.24, 2.45) is 0 Å². The fraction of sp³-hybridized carbons (Fsp3) is 0.286. The van der Waals surface area contributed by atoms with Gasteiger partial charge in [-0.05, 0) is 40.5 Å². The average molecular weight is 357 g/mol. The molecule has 0 aliphatic heterocycles. The molecule has 0 saturated carbocycles. The molecule has 2 aromatic rings. The van der Waals surface area contributed by atoms with E-state index in [-0.39, 0.29) is 0 Å². The van der Waals surface area contributed by atoms with Crippen LogP contribution >= 0.6 is 27.5 Å². The Labute approximate surface area is 131 Å². The summed E-state index contributed by atoms with van der Waals surface area (Å²) in [5, 5.41) is 3.94. The van der Waals surface area contributed by atoms with Gasteiger partial charge in [-0.15, -0.1) is 0 Å². The largest absolute Gasteiger partial charge is 0.437 e. The molecule has 2 heterocycles. The quantitative estimate of drug-likeness (QED) is 0.789. The Kier molecular flexibility index (Phi) is 5.76. The average Bonchev–Trinajstić information content (AvgIpc) is 2.42. The van der Waals surface area contributed by atoms with Crippen LogP contribution in [0, 0.1) is 0 Å². The summed E-state index contributed by atoms with van der Waals surface area (Å²) in [6, 6.07) is 3.67. The Hall–Kier alpha value is -1.17. The Morgan fingerprint density at radius 2 is 2.15 bits per heavy atom. The van der Waals surface area contributed by atoms with Gasteiger partial charge in [-0.3, -0.25) is 4.98 Å². The Bertz CT molecular complexity index is 580. The number of hydrogen-bond acceptors (Lipinski definition) is 4. The number of ether oxygens (including phenoxy) is 1. The summed E-state index contributed by atoms with van der Waals surface area (Å²) < 4.78 is 6.53. The zero-order valence-electron chi connectivity index (χ0n) is 11.1. The third kappa shape index (κ3) is 4.44. The molecular formula is C14H15BrClN3O. The van der Waals surface area contributed by atoms with E-state index in [1.54, 1.807) is 18.6 Å². The van der Waals surface area contributed by atoms with E-state index in [4.69, 9.17) is 16.3 Å². The number of pyridine rings is 2. The summed E-state index contributed by atoms with van der Waals surface area (Å²) in [6.07, 6.45) is 6.01. The van der Waals surface area contributed by atoms with Crippen LogP contribution in [0.5, 0.6) is 11.6 Å². The molecule has 0 aliphatic rings. The number of aromatic nitrogens is 2. The smallest absolute Gasteiger partial charge is 0.219 e. The predicted octanol–water partition coefficient (Wildman–Crippen LogP) is 4.18. The highest BCUT2D eigenvalue weighted by molar-refractivity contribution is 9.10. The fourth-order valence-electron chi connectivity index (χ4n) is 1.62. The van der Waals surface area contributed by atoms with Crippen LogP contribution in [0.25, 0.3) is 0 Å². The van der Waals surface area contributed by atoms with Crippen LogP contribution in [-0.2, 0) is 6.54 Å². The number of nitrogens with one attached hydrogen (secondary N) is 1. The lowest BCUT2D eigenvalue weighted by Gasteiger charge is -2.09. The molecule has 0 unspecified atom stereocenters. The molecule has 0 bridgehead atoms. The Morgan fingerprint density at radius 3 is 2.90 bits per heavy atom. The molecule has 2 rings (SSSR count). The van der Waals surface area contributed by atoms with Gasteiger partial charge in [0, 0.05) is 29.5 Å².